The maximum absolute atomic E-state index is 12.3. The second-order valence-electron chi connectivity index (χ2n) is 5.02. The number of nitrogens with zero attached hydrogens (tertiary/aromatic N) is 2. The van der Waals surface area contributed by atoms with Crippen LogP contribution in [0.5, 0.6) is 5.75 Å². The molecule has 0 aliphatic carbocycles. The molecule has 0 spiro atoms. The van der Waals surface area contributed by atoms with Gasteiger partial charge in [0.1, 0.15) is 5.75 Å². The lowest BCUT2D eigenvalue weighted by Gasteiger charge is -2.32. The molecule has 0 bridgehead atoms. The van der Waals surface area contributed by atoms with Crippen molar-refractivity contribution < 1.29 is 18.3 Å². The molecule has 0 saturated carbocycles. The standard InChI is InChI=1S/C12H18N4O4S/c13-21(19,20)15-7-9-3-2-6-16(8-9)12(18)11-10(17)4-1-5-14-11/h1,4-5,9,15,17H,2-3,6-8H2,(H2,13,19,20). The molecule has 1 unspecified atom stereocenters. The number of amides is 1. The zero-order chi connectivity index (χ0) is 15.5. The molecule has 1 amide bonds. The quantitative estimate of drug-likeness (QED) is 0.686. The number of aromatic nitrogens is 1. The molecule has 2 rings (SSSR count). The second-order valence-corrected chi connectivity index (χ2v) is 6.40. The van der Waals surface area contributed by atoms with Gasteiger partial charge in [-0.25, -0.2) is 14.8 Å². The summed E-state index contributed by atoms with van der Waals surface area (Å²) in [5.41, 5.74) is 0.0116. The minimum atomic E-state index is -3.73. The monoisotopic (exact) mass is 314 g/mol. The number of hydrogen-bond donors (Lipinski definition) is 3. The van der Waals surface area contributed by atoms with Crippen LogP contribution in [0.3, 0.4) is 0 Å². The Hall–Kier alpha value is -1.71. The minimum absolute atomic E-state index is 0.00752. The topological polar surface area (TPSA) is 126 Å². The average molecular weight is 314 g/mol. The first kappa shape index (κ1) is 15.7. The molecule has 1 atom stereocenters. The molecule has 4 N–H and O–H groups in total. The van der Waals surface area contributed by atoms with Crippen LogP contribution in [0.25, 0.3) is 0 Å². The predicted molar refractivity (Wildman–Crippen MR) is 75.6 cm³/mol. The molecule has 1 aliphatic rings. The maximum Gasteiger partial charge on any atom is 0.276 e. The van der Waals surface area contributed by atoms with Crippen molar-refractivity contribution in [3.63, 3.8) is 0 Å². The summed E-state index contributed by atoms with van der Waals surface area (Å²) in [5, 5.41) is 14.6. The molecule has 1 aromatic rings. The molecule has 1 fully saturated rings. The Labute approximate surface area is 123 Å². The first-order chi connectivity index (χ1) is 9.87. The van der Waals surface area contributed by atoms with Gasteiger partial charge in [-0.15, -0.1) is 0 Å². The van der Waals surface area contributed by atoms with E-state index in [-0.39, 0.29) is 29.8 Å². The van der Waals surface area contributed by atoms with E-state index in [2.05, 4.69) is 9.71 Å². The van der Waals surface area contributed by atoms with Crippen molar-refractivity contribution in [1.82, 2.24) is 14.6 Å². The summed E-state index contributed by atoms with van der Waals surface area (Å²) in [7, 11) is -3.73. The van der Waals surface area contributed by atoms with Gasteiger partial charge in [0.2, 0.25) is 0 Å². The Morgan fingerprint density at radius 3 is 3.00 bits per heavy atom. The number of carbonyl (C=O) groups excluding carboxylic acids is 1. The van der Waals surface area contributed by atoms with E-state index in [1.165, 1.54) is 12.3 Å². The first-order valence-electron chi connectivity index (χ1n) is 6.57. The predicted octanol–water partition coefficient (Wildman–Crippen LogP) is -0.567. The number of carbonyl (C=O) groups is 1. The van der Waals surface area contributed by atoms with Crippen molar-refractivity contribution in [3.8, 4) is 5.75 Å². The molecule has 9 heteroatoms. The van der Waals surface area contributed by atoms with E-state index in [4.69, 9.17) is 5.14 Å². The van der Waals surface area contributed by atoms with Crippen LogP contribution in [-0.2, 0) is 10.2 Å². The average Bonchev–Trinajstić information content (AvgIpc) is 2.44. The van der Waals surface area contributed by atoms with Crippen LogP contribution >= 0.6 is 0 Å². The van der Waals surface area contributed by atoms with Gasteiger partial charge in [-0.05, 0) is 30.9 Å². The largest absolute Gasteiger partial charge is 0.505 e. The zero-order valence-corrected chi connectivity index (χ0v) is 12.2. The van der Waals surface area contributed by atoms with Crippen LogP contribution in [0.1, 0.15) is 23.3 Å². The summed E-state index contributed by atoms with van der Waals surface area (Å²) in [6.45, 7) is 1.15. The van der Waals surface area contributed by atoms with Crippen LogP contribution in [0.4, 0.5) is 0 Å². The molecule has 0 aromatic carbocycles. The van der Waals surface area contributed by atoms with Crippen molar-refractivity contribution in [2.75, 3.05) is 19.6 Å². The van der Waals surface area contributed by atoms with Crippen LogP contribution in [0.15, 0.2) is 18.3 Å². The third-order valence-electron chi connectivity index (χ3n) is 3.37. The summed E-state index contributed by atoms with van der Waals surface area (Å²) in [6.07, 6.45) is 3.01. The van der Waals surface area contributed by atoms with Crippen molar-refractivity contribution in [1.29, 1.82) is 0 Å². The number of nitrogens with two attached hydrogens (primary N) is 1. The minimum Gasteiger partial charge on any atom is -0.505 e. The van der Waals surface area contributed by atoms with E-state index in [0.717, 1.165) is 12.8 Å². The molecular weight excluding hydrogens is 296 g/mol. The fourth-order valence-corrected chi connectivity index (χ4v) is 2.83. The van der Waals surface area contributed by atoms with Gasteiger partial charge in [-0.3, -0.25) is 4.79 Å². The SMILES string of the molecule is NS(=O)(=O)NCC1CCCN(C(=O)c2ncccc2O)C1. The Balaban J connectivity index is 2.01. The first-order valence-corrected chi connectivity index (χ1v) is 8.12. The third kappa shape index (κ3) is 4.38. The van der Waals surface area contributed by atoms with E-state index in [1.54, 1.807) is 11.0 Å². The molecule has 21 heavy (non-hydrogen) atoms. The van der Waals surface area contributed by atoms with Crippen LogP contribution in [-0.4, -0.2) is 48.9 Å². The zero-order valence-electron chi connectivity index (χ0n) is 11.4. The Morgan fingerprint density at radius 1 is 1.57 bits per heavy atom. The molecule has 2 heterocycles. The number of piperidine rings is 1. The van der Waals surface area contributed by atoms with Crippen molar-refractivity contribution >= 4 is 16.1 Å². The van der Waals surface area contributed by atoms with Crippen LogP contribution in [0.2, 0.25) is 0 Å². The van der Waals surface area contributed by atoms with Gasteiger partial charge >= 0.3 is 0 Å². The highest BCUT2D eigenvalue weighted by Crippen LogP contribution is 2.21. The maximum atomic E-state index is 12.3. The molecule has 8 nitrogen and oxygen atoms in total. The normalized spacial score (nSPS) is 19.5. The molecule has 1 aromatic heterocycles. The van der Waals surface area contributed by atoms with E-state index in [1.807, 2.05) is 0 Å². The Kier molecular flexibility index (Phi) is 4.76. The van der Waals surface area contributed by atoms with E-state index in [9.17, 15) is 18.3 Å². The molecule has 0 radical (unpaired) electrons. The van der Waals surface area contributed by atoms with Crippen molar-refractivity contribution in [2.45, 2.75) is 12.8 Å². The van der Waals surface area contributed by atoms with Crippen molar-refractivity contribution in [3.05, 3.63) is 24.0 Å². The number of pyridine rings is 1. The lowest BCUT2D eigenvalue weighted by atomic mass is 9.98. The summed E-state index contributed by atoms with van der Waals surface area (Å²) in [4.78, 5) is 17.8. The highest BCUT2D eigenvalue weighted by atomic mass is 32.2. The summed E-state index contributed by atoms with van der Waals surface area (Å²) in [5.74, 6) is -0.521. The highest BCUT2D eigenvalue weighted by molar-refractivity contribution is 7.87. The smallest absolute Gasteiger partial charge is 0.276 e. The number of nitrogens with one attached hydrogen (secondary N) is 1. The van der Waals surface area contributed by atoms with E-state index in [0.29, 0.717) is 13.1 Å². The number of rotatable bonds is 4. The number of likely N-dealkylation sites (tertiary alicyclic amines) is 1. The van der Waals surface area contributed by atoms with Gasteiger partial charge in [-0.1, -0.05) is 0 Å². The molecule has 1 aliphatic heterocycles. The summed E-state index contributed by atoms with van der Waals surface area (Å²) < 4.78 is 24.0. The number of aromatic hydroxyl groups is 1. The van der Waals surface area contributed by atoms with Crippen molar-refractivity contribution in [2.24, 2.45) is 11.1 Å². The van der Waals surface area contributed by atoms with Gasteiger partial charge in [0.25, 0.3) is 16.1 Å². The third-order valence-corrected chi connectivity index (χ3v) is 3.94. The summed E-state index contributed by atoms with van der Waals surface area (Å²) in [6, 6.07) is 2.95. The Morgan fingerprint density at radius 2 is 2.33 bits per heavy atom. The van der Waals surface area contributed by atoms with Gasteiger partial charge in [0.15, 0.2) is 5.69 Å². The molecule has 1 saturated heterocycles. The van der Waals surface area contributed by atoms with Gasteiger partial charge in [0, 0.05) is 25.8 Å². The fourth-order valence-electron chi connectivity index (χ4n) is 2.36. The molecular formula is C12H18N4O4S. The van der Waals surface area contributed by atoms with Gasteiger partial charge in [-0.2, -0.15) is 8.42 Å². The van der Waals surface area contributed by atoms with E-state index < -0.39 is 10.2 Å². The fraction of sp³-hybridized carbons (Fsp3) is 0.500. The lowest BCUT2D eigenvalue weighted by Crippen LogP contribution is -2.44. The second kappa shape index (κ2) is 6.37. The van der Waals surface area contributed by atoms with Gasteiger partial charge < -0.3 is 10.0 Å². The summed E-state index contributed by atoms with van der Waals surface area (Å²) >= 11 is 0. The number of hydrogen-bond acceptors (Lipinski definition) is 5. The molecule has 116 valence electrons. The lowest BCUT2D eigenvalue weighted by molar-refractivity contribution is 0.0667. The van der Waals surface area contributed by atoms with Gasteiger partial charge in [0.05, 0.1) is 0 Å². The van der Waals surface area contributed by atoms with Crippen LogP contribution in [0, 0.1) is 5.92 Å². The van der Waals surface area contributed by atoms with E-state index >= 15 is 0 Å². The Bertz CT molecular complexity index is 619. The highest BCUT2D eigenvalue weighted by Gasteiger charge is 2.27. The van der Waals surface area contributed by atoms with Crippen LogP contribution < -0.4 is 9.86 Å².